The number of fused-ring (bicyclic) bond motifs is 1. The number of rotatable bonds is 8. The van der Waals surface area contributed by atoms with Gasteiger partial charge in [0, 0.05) is 36.8 Å². The van der Waals surface area contributed by atoms with Crippen LogP contribution >= 0.6 is 0 Å². The summed E-state index contributed by atoms with van der Waals surface area (Å²) in [5, 5.41) is 4.41. The van der Waals surface area contributed by atoms with Gasteiger partial charge in [-0.2, -0.15) is 10.1 Å². The first kappa shape index (κ1) is 23.7. The van der Waals surface area contributed by atoms with Crippen LogP contribution in [-0.2, 0) is 17.7 Å². The number of aromatic nitrogens is 4. The third-order valence-corrected chi connectivity index (χ3v) is 5.68. The van der Waals surface area contributed by atoms with Crippen LogP contribution in [0.15, 0.2) is 59.8 Å². The van der Waals surface area contributed by atoms with Crippen molar-refractivity contribution < 1.29 is 9.47 Å². The Labute approximate surface area is 200 Å². The second-order valence-corrected chi connectivity index (χ2v) is 9.80. The van der Waals surface area contributed by atoms with Gasteiger partial charge in [-0.25, -0.2) is 9.31 Å². The molecule has 0 radical (unpaired) electrons. The van der Waals surface area contributed by atoms with E-state index in [0.717, 1.165) is 45.6 Å². The molecule has 3 aromatic heterocycles. The molecule has 0 atom stereocenters. The monoisotopic (exact) mass is 460 g/mol. The van der Waals surface area contributed by atoms with E-state index in [1.807, 2.05) is 35.1 Å². The van der Waals surface area contributed by atoms with Gasteiger partial charge in [0.05, 0.1) is 24.9 Å². The Morgan fingerprint density at radius 1 is 1.06 bits per heavy atom. The normalized spacial score (nSPS) is 11.8. The Kier molecular flexibility index (Phi) is 6.84. The van der Waals surface area contributed by atoms with Crippen molar-refractivity contribution in [3.63, 3.8) is 0 Å². The van der Waals surface area contributed by atoms with Crippen LogP contribution in [0.4, 0.5) is 0 Å². The van der Waals surface area contributed by atoms with Crippen LogP contribution in [0.25, 0.3) is 16.6 Å². The average molecular weight is 461 g/mol. The van der Waals surface area contributed by atoms with E-state index in [4.69, 9.17) is 9.47 Å². The highest BCUT2D eigenvalue weighted by Crippen LogP contribution is 2.29. The van der Waals surface area contributed by atoms with Crippen molar-refractivity contribution in [3.05, 3.63) is 82.3 Å². The predicted molar refractivity (Wildman–Crippen MR) is 133 cm³/mol. The smallest absolute Gasteiger partial charge is 0.348 e. The van der Waals surface area contributed by atoms with Gasteiger partial charge in [0.25, 0.3) is 0 Å². The molecular formula is C27H32N4O3. The number of aryl methyl sites for hydroxylation is 1. The molecule has 7 heteroatoms. The Hall–Kier alpha value is -3.45. The zero-order valence-corrected chi connectivity index (χ0v) is 20.5. The maximum Gasteiger partial charge on any atom is 0.348 e. The number of methoxy groups -OCH3 is 1. The lowest BCUT2D eigenvalue weighted by Gasteiger charge is -2.17. The van der Waals surface area contributed by atoms with E-state index >= 15 is 0 Å². The number of ether oxygens (including phenoxy) is 2. The Morgan fingerprint density at radius 2 is 1.88 bits per heavy atom. The Bertz CT molecular complexity index is 1350. The van der Waals surface area contributed by atoms with E-state index in [9.17, 15) is 4.79 Å². The first-order valence-electron chi connectivity index (χ1n) is 11.5. The van der Waals surface area contributed by atoms with E-state index in [1.165, 1.54) is 0 Å². The Balaban J connectivity index is 1.57. The molecule has 7 nitrogen and oxygen atoms in total. The maximum atomic E-state index is 12.6. The first-order chi connectivity index (χ1) is 16.2. The molecule has 1 aromatic carbocycles. The van der Waals surface area contributed by atoms with Gasteiger partial charge in [0.1, 0.15) is 12.4 Å². The van der Waals surface area contributed by atoms with Crippen molar-refractivity contribution in [3.8, 4) is 16.9 Å². The first-order valence-corrected chi connectivity index (χ1v) is 11.5. The standard InChI is InChI=1S/C27H32N4O3/c1-19-14-20(24-8-10-28-31-18-23(15-25(24)31)34-13-12-33-5)6-7-21(19)17-30-11-9-22(29-26(30)32)16-27(2,3)4/h6-11,14-15,18H,12-13,16-17H2,1-5H3. The van der Waals surface area contributed by atoms with Crippen molar-refractivity contribution in [2.45, 2.75) is 40.7 Å². The van der Waals surface area contributed by atoms with Crippen molar-refractivity contribution in [1.82, 2.24) is 19.2 Å². The average Bonchev–Trinajstić information content (AvgIpc) is 3.19. The summed E-state index contributed by atoms with van der Waals surface area (Å²) >= 11 is 0. The molecule has 0 unspecified atom stereocenters. The molecule has 0 N–H and O–H groups in total. The largest absolute Gasteiger partial charge is 0.489 e. The molecule has 0 saturated carbocycles. The van der Waals surface area contributed by atoms with E-state index in [0.29, 0.717) is 19.8 Å². The van der Waals surface area contributed by atoms with Crippen LogP contribution in [0.5, 0.6) is 5.75 Å². The fourth-order valence-electron chi connectivity index (χ4n) is 4.01. The molecule has 0 spiro atoms. The number of hydrogen-bond donors (Lipinski definition) is 0. The molecule has 4 aromatic rings. The van der Waals surface area contributed by atoms with Gasteiger partial charge < -0.3 is 9.47 Å². The fraction of sp³-hybridized carbons (Fsp3) is 0.370. The minimum Gasteiger partial charge on any atom is -0.489 e. The summed E-state index contributed by atoms with van der Waals surface area (Å²) in [6, 6.07) is 12.3. The predicted octanol–water partition coefficient (Wildman–Crippen LogP) is 4.53. The summed E-state index contributed by atoms with van der Waals surface area (Å²) < 4.78 is 14.3. The van der Waals surface area contributed by atoms with Gasteiger partial charge in [-0.3, -0.25) is 4.57 Å². The van der Waals surface area contributed by atoms with Crippen LogP contribution in [0, 0.1) is 12.3 Å². The number of benzene rings is 1. The highest BCUT2D eigenvalue weighted by molar-refractivity contribution is 5.81. The van der Waals surface area contributed by atoms with Gasteiger partial charge in [0.2, 0.25) is 0 Å². The van der Waals surface area contributed by atoms with Gasteiger partial charge in [-0.05, 0) is 47.6 Å². The molecule has 0 aliphatic carbocycles. The molecule has 0 fully saturated rings. The fourth-order valence-corrected chi connectivity index (χ4v) is 4.01. The summed E-state index contributed by atoms with van der Waals surface area (Å²) in [6.07, 6.45) is 6.28. The zero-order chi connectivity index (χ0) is 24.3. The number of nitrogens with zero attached hydrogens (tertiary/aromatic N) is 4. The number of hydrogen-bond acceptors (Lipinski definition) is 5. The molecule has 0 bridgehead atoms. The lowest BCUT2D eigenvalue weighted by atomic mass is 9.90. The van der Waals surface area contributed by atoms with Crippen molar-refractivity contribution in [1.29, 1.82) is 0 Å². The molecule has 4 rings (SSSR count). The third kappa shape index (κ3) is 5.54. The molecule has 178 valence electrons. The van der Waals surface area contributed by atoms with E-state index in [2.05, 4.69) is 56.0 Å². The Morgan fingerprint density at radius 3 is 2.59 bits per heavy atom. The summed E-state index contributed by atoms with van der Waals surface area (Å²) in [5.41, 5.74) is 6.03. The molecule has 3 heterocycles. The summed E-state index contributed by atoms with van der Waals surface area (Å²) in [4.78, 5) is 16.9. The van der Waals surface area contributed by atoms with Crippen molar-refractivity contribution >= 4 is 5.52 Å². The molecule has 0 aliphatic heterocycles. The van der Waals surface area contributed by atoms with Crippen LogP contribution < -0.4 is 10.4 Å². The minimum absolute atomic E-state index is 0.0905. The highest BCUT2D eigenvalue weighted by Gasteiger charge is 2.14. The third-order valence-electron chi connectivity index (χ3n) is 5.68. The maximum absolute atomic E-state index is 12.6. The van der Waals surface area contributed by atoms with Crippen LogP contribution in [0.3, 0.4) is 0 Å². The lowest BCUT2D eigenvalue weighted by molar-refractivity contribution is 0.146. The minimum atomic E-state index is -0.213. The summed E-state index contributed by atoms with van der Waals surface area (Å²) in [7, 11) is 1.65. The van der Waals surface area contributed by atoms with Crippen molar-refractivity contribution in [2.24, 2.45) is 5.41 Å². The molecule has 34 heavy (non-hydrogen) atoms. The second kappa shape index (κ2) is 9.81. The van der Waals surface area contributed by atoms with E-state index in [-0.39, 0.29) is 11.1 Å². The van der Waals surface area contributed by atoms with Gasteiger partial charge >= 0.3 is 5.69 Å². The van der Waals surface area contributed by atoms with Crippen molar-refractivity contribution in [2.75, 3.05) is 20.3 Å². The zero-order valence-electron chi connectivity index (χ0n) is 20.5. The lowest BCUT2D eigenvalue weighted by Crippen LogP contribution is -2.25. The quantitative estimate of drug-likeness (QED) is 0.361. The topological polar surface area (TPSA) is 70.7 Å². The van der Waals surface area contributed by atoms with Crippen LogP contribution in [-0.4, -0.2) is 39.5 Å². The molecule has 0 saturated heterocycles. The SMILES string of the molecule is COCCOc1cc2c(-c3ccc(Cn4ccc(CC(C)(C)C)nc4=O)c(C)c3)ccnn2c1. The summed E-state index contributed by atoms with van der Waals surface area (Å²) in [6.45, 7) is 10.0. The molecule has 0 amide bonds. The highest BCUT2D eigenvalue weighted by atomic mass is 16.5. The van der Waals surface area contributed by atoms with Gasteiger partial charge in [-0.15, -0.1) is 0 Å². The van der Waals surface area contributed by atoms with Gasteiger partial charge in [0.15, 0.2) is 0 Å². The molecular weight excluding hydrogens is 428 g/mol. The second-order valence-electron chi connectivity index (χ2n) is 9.80. The molecule has 0 aliphatic rings. The summed E-state index contributed by atoms with van der Waals surface area (Å²) in [5.74, 6) is 0.757. The van der Waals surface area contributed by atoms with E-state index < -0.39 is 0 Å². The van der Waals surface area contributed by atoms with Gasteiger partial charge in [-0.1, -0.05) is 39.0 Å². The van der Waals surface area contributed by atoms with E-state index in [1.54, 1.807) is 17.9 Å². The van der Waals surface area contributed by atoms with Crippen LogP contribution in [0.2, 0.25) is 0 Å². The van der Waals surface area contributed by atoms with Crippen LogP contribution in [0.1, 0.15) is 37.6 Å².